The molecule has 2 heterocycles. The van der Waals surface area contributed by atoms with E-state index in [1.807, 2.05) is 11.3 Å². The average molecular weight is 264 g/mol. The number of carbonyl (C=O) groups excluding carboxylic acids is 1. The topological polar surface area (TPSA) is 42.0 Å². The molecule has 0 radical (unpaired) electrons. The van der Waals surface area contributed by atoms with Gasteiger partial charge in [0.25, 0.3) is 5.91 Å². The monoisotopic (exact) mass is 264 g/mol. The zero-order valence-electron chi connectivity index (χ0n) is 9.23. The Bertz CT molecular complexity index is 509. The van der Waals surface area contributed by atoms with E-state index >= 15 is 0 Å². The molecule has 5 heteroatoms. The highest BCUT2D eigenvalue weighted by Gasteiger charge is 2.15. The van der Waals surface area contributed by atoms with E-state index in [9.17, 15) is 4.79 Å². The molecular weight excluding hydrogens is 252 g/mol. The summed E-state index contributed by atoms with van der Waals surface area (Å²) >= 11 is 3.27. The number of thiazole rings is 1. The second kappa shape index (κ2) is 4.58. The van der Waals surface area contributed by atoms with Crippen LogP contribution in [0.5, 0.6) is 0 Å². The van der Waals surface area contributed by atoms with Crippen molar-refractivity contribution in [3.05, 3.63) is 38.0 Å². The second-order valence-electron chi connectivity index (χ2n) is 4.07. The van der Waals surface area contributed by atoms with E-state index in [-0.39, 0.29) is 5.91 Å². The van der Waals surface area contributed by atoms with E-state index in [0.29, 0.717) is 12.2 Å². The van der Waals surface area contributed by atoms with Gasteiger partial charge in [-0.1, -0.05) is 0 Å². The van der Waals surface area contributed by atoms with Crippen molar-refractivity contribution in [1.82, 2.24) is 10.3 Å². The van der Waals surface area contributed by atoms with Crippen LogP contribution in [0.3, 0.4) is 0 Å². The normalized spacial score (nSPS) is 13.6. The Kier molecular flexibility index (Phi) is 2.94. The minimum Gasteiger partial charge on any atom is -0.346 e. The number of fused-ring (bicyclic) bond motifs is 1. The summed E-state index contributed by atoms with van der Waals surface area (Å²) in [5, 5.41) is 4.67. The number of nitrogens with one attached hydrogen (secondary N) is 1. The SMILES string of the molecule is O=C(NCc1cc2c(s1)CCC2)c1cscn1. The van der Waals surface area contributed by atoms with Crippen LogP contribution in [0.25, 0.3) is 0 Å². The minimum atomic E-state index is -0.0835. The molecule has 2 aromatic rings. The van der Waals surface area contributed by atoms with Gasteiger partial charge in [-0.15, -0.1) is 22.7 Å². The Morgan fingerprint density at radius 1 is 1.47 bits per heavy atom. The van der Waals surface area contributed by atoms with Crippen molar-refractivity contribution in [2.75, 3.05) is 0 Å². The number of nitrogens with zero attached hydrogens (tertiary/aromatic N) is 1. The molecule has 0 bridgehead atoms. The van der Waals surface area contributed by atoms with Crippen molar-refractivity contribution in [2.24, 2.45) is 0 Å². The molecule has 0 atom stereocenters. The first-order valence-electron chi connectivity index (χ1n) is 5.60. The lowest BCUT2D eigenvalue weighted by Crippen LogP contribution is -2.22. The molecule has 0 unspecified atom stereocenters. The summed E-state index contributed by atoms with van der Waals surface area (Å²) in [6.07, 6.45) is 3.69. The third-order valence-electron chi connectivity index (χ3n) is 2.89. The summed E-state index contributed by atoms with van der Waals surface area (Å²) in [6.45, 7) is 0.619. The van der Waals surface area contributed by atoms with Crippen molar-refractivity contribution in [1.29, 1.82) is 0 Å². The Morgan fingerprint density at radius 3 is 3.18 bits per heavy atom. The Morgan fingerprint density at radius 2 is 2.41 bits per heavy atom. The number of hydrogen-bond acceptors (Lipinski definition) is 4. The third-order valence-corrected chi connectivity index (χ3v) is 4.71. The molecule has 1 aliphatic rings. The van der Waals surface area contributed by atoms with E-state index < -0.39 is 0 Å². The zero-order valence-corrected chi connectivity index (χ0v) is 10.9. The number of carbonyl (C=O) groups is 1. The summed E-state index contributed by atoms with van der Waals surface area (Å²) in [7, 11) is 0. The van der Waals surface area contributed by atoms with Crippen molar-refractivity contribution in [3.63, 3.8) is 0 Å². The van der Waals surface area contributed by atoms with Crippen LogP contribution in [0.2, 0.25) is 0 Å². The van der Waals surface area contributed by atoms with Crippen LogP contribution in [0.4, 0.5) is 0 Å². The highest BCUT2D eigenvalue weighted by Crippen LogP contribution is 2.30. The van der Waals surface area contributed by atoms with Gasteiger partial charge < -0.3 is 5.32 Å². The lowest BCUT2D eigenvalue weighted by Gasteiger charge is -2.00. The maximum absolute atomic E-state index is 11.7. The van der Waals surface area contributed by atoms with Gasteiger partial charge in [-0.05, 0) is 30.9 Å². The highest BCUT2D eigenvalue weighted by molar-refractivity contribution is 7.12. The molecule has 0 spiro atoms. The summed E-state index contributed by atoms with van der Waals surface area (Å²) in [6, 6.07) is 2.23. The predicted octanol–water partition coefficient (Wildman–Crippen LogP) is 2.62. The second-order valence-corrected chi connectivity index (χ2v) is 6.01. The lowest BCUT2D eigenvalue weighted by atomic mass is 10.2. The molecule has 0 aliphatic heterocycles. The fourth-order valence-electron chi connectivity index (χ4n) is 2.06. The molecule has 3 nitrogen and oxygen atoms in total. The van der Waals surface area contributed by atoms with Crippen LogP contribution < -0.4 is 5.32 Å². The van der Waals surface area contributed by atoms with Crippen molar-refractivity contribution in [2.45, 2.75) is 25.8 Å². The largest absolute Gasteiger partial charge is 0.346 e. The van der Waals surface area contributed by atoms with Gasteiger partial charge >= 0.3 is 0 Å². The maximum Gasteiger partial charge on any atom is 0.271 e. The molecule has 88 valence electrons. The first-order valence-corrected chi connectivity index (χ1v) is 7.36. The average Bonchev–Trinajstić information content (AvgIpc) is 3.01. The summed E-state index contributed by atoms with van der Waals surface area (Å²) in [4.78, 5) is 18.4. The third kappa shape index (κ3) is 2.25. The van der Waals surface area contributed by atoms with E-state index in [1.54, 1.807) is 10.9 Å². The zero-order chi connectivity index (χ0) is 11.7. The molecule has 1 aliphatic carbocycles. The molecular formula is C12H12N2OS2. The van der Waals surface area contributed by atoms with Crippen molar-refractivity contribution >= 4 is 28.6 Å². The molecule has 2 aromatic heterocycles. The molecule has 0 fully saturated rings. The number of thiophene rings is 1. The number of aromatic nitrogens is 1. The summed E-state index contributed by atoms with van der Waals surface area (Å²) in [5.74, 6) is -0.0835. The van der Waals surface area contributed by atoms with Gasteiger partial charge in [0, 0.05) is 15.1 Å². The van der Waals surface area contributed by atoms with Gasteiger partial charge in [-0.25, -0.2) is 4.98 Å². The minimum absolute atomic E-state index is 0.0835. The van der Waals surface area contributed by atoms with Crippen molar-refractivity contribution in [3.8, 4) is 0 Å². The van der Waals surface area contributed by atoms with Gasteiger partial charge in [0.2, 0.25) is 0 Å². The van der Waals surface area contributed by atoms with Gasteiger partial charge in [-0.2, -0.15) is 0 Å². The van der Waals surface area contributed by atoms with E-state index in [2.05, 4.69) is 16.4 Å². The van der Waals surface area contributed by atoms with Crippen LogP contribution in [0.1, 0.15) is 32.2 Å². The molecule has 1 amide bonds. The van der Waals surface area contributed by atoms with Crippen LogP contribution in [-0.2, 0) is 19.4 Å². The molecule has 0 saturated heterocycles. The standard InChI is InChI=1S/C12H12N2OS2/c15-12(10-6-16-7-14-10)13-5-9-4-8-2-1-3-11(8)17-9/h4,6-7H,1-3,5H2,(H,13,15). The number of hydrogen-bond donors (Lipinski definition) is 1. The number of amides is 1. The Hall–Kier alpha value is -1.20. The highest BCUT2D eigenvalue weighted by atomic mass is 32.1. The smallest absolute Gasteiger partial charge is 0.271 e. The van der Waals surface area contributed by atoms with E-state index in [1.165, 1.54) is 45.9 Å². The maximum atomic E-state index is 11.7. The van der Waals surface area contributed by atoms with Crippen LogP contribution in [-0.4, -0.2) is 10.9 Å². The first kappa shape index (κ1) is 10.9. The van der Waals surface area contributed by atoms with Gasteiger partial charge in [0.05, 0.1) is 12.1 Å². The van der Waals surface area contributed by atoms with E-state index in [4.69, 9.17) is 0 Å². The van der Waals surface area contributed by atoms with Crippen molar-refractivity contribution < 1.29 is 4.79 Å². The molecule has 0 saturated carbocycles. The summed E-state index contributed by atoms with van der Waals surface area (Å²) in [5.41, 5.74) is 3.67. The molecule has 0 aromatic carbocycles. The number of aryl methyl sites for hydroxylation is 2. The molecule has 17 heavy (non-hydrogen) atoms. The lowest BCUT2D eigenvalue weighted by molar-refractivity contribution is 0.0947. The molecule has 1 N–H and O–H groups in total. The van der Waals surface area contributed by atoms with Crippen LogP contribution >= 0.6 is 22.7 Å². The van der Waals surface area contributed by atoms with Gasteiger partial charge in [-0.3, -0.25) is 4.79 Å². The number of rotatable bonds is 3. The Labute approximate surface area is 108 Å². The van der Waals surface area contributed by atoms with Crippen LogP contribution in [0, 0.1) is 0 Å². The van der Waals surface area contributed by atoms with Gasteiger partial charge in [0.1, 0.15) is 5.69 Å². The van der Waals surface area contributed by atoms with Gasteiger partial charge in [0.15, 0.2) is 0 Å². The quantitative estimate of drug-likeness (QED) is 0.926. The first-order chi connectivity index (χ1) is 8.33. The Balaban J connectivity index is 1.62. The fourth-order valence-corrected chi connectivity index (χ4v) is 3.79. The van der Waals surface area contributed by atoms with Crippen LogP contribution in [0.15, 0.2) is 17.0 Å². The fraction of sp³-hybridized carbons (Fsp3) is 0.333. The molecule has 3 rings (SSSR count). The summed E-state index contributed by atoms with van der Waals surface area (Å²) < 4.78 is 0. The van der Waals surface area contributed by atoms with E-state index in [0.717, 1.165) is 0 Å². The predicted molar refractivity (Wildman–Crippen MR) is 69.6 cm³/mol.